The van der Waals surface area contributed by atoms with Crippen LogP contribution in [-0.4, -0.2) is 29.3 Å². The molecular weight excluding hydrogens is 395 g/mol. The summed E-state index contributed by atoms with van der Waals surface area (Å²) in [6, 6.07) is 8.72. The SMILES string of the molecule is C=C/C(F)=C(\C=C)Oc1ccc(N2CC[C@H](Oc3ncccc3Cl)C2)c(CO)c1. The number of ether oxygens (including phenoxy) is 2. The first-order valence-electron chi connectivity index (χ1n) is 9.14. The molecule has 0 saturated carbocycles. The molecule has 1 aliphatic heterocycles. The minimum absolute atomic E-state index is 0.0292. The van der Waals surface area contributed by atoms with Gasteiger partial charge in [0.1, 0.15) is 16.9 Å². The van der Waals surface area contributed by atoms with Gasteiger partial charge in [-0.1, -0.05) is 24.8 Å². The monoisotopic (exact) mass is 416 g/mol. The van der Waals surface area contributed by atoms with Gasteiger partial charge in [-0.2, -0.15) is 0 Å². The molecule has 1 N–H and O–H groups in total. The normalized spacial score (nSPS) is 16.9. The highest BCUT2D eigenvalue weighted by atomic mass is 35.5. The van der Waals surface area contributed by atoms with E-state index >= 15 is 0 Å². The van der Waals surface area contributed by atoms with Gasteiger partial charge in [-0.05, 0) is 42.5 Å². The smallest absolute Gasteiger partial charge is 0.232 e. The summed E-state index contributed by atoms with van der Waals surface area (Å²) in [4.78, 5) is 6.28. The second-order valence-corrected chi connectivity index (χ2v) is 6.84. The molecule has 0 radical (unpaired) electrons. The minimum Gasteiger partial charge on any atom is -0.471 e. The topological polar surface area (TPSA) is 54.8 Å². The highest BCUT2D eigenvalue weighted by molar-refractivity contribution is 6.31. The van der Waals surface area contributed by atoms with Crippen LogP contribution in [0.15, 0.2) is 73.4 Å². The summed E-state index contributed by atoms with van der Waals surface area (Å²) < 4.78 is 25.2. The largest absolute Gasteiger partial charge is 0.471 e. The average Bonchev–Trinajstić information content (AvgIpc) is 3.21. The molecule has 1 fully saturated rings. The molecule has 0 aliphatic carbocycles. The van der Waals surface area contributed by atoms with Crippen molar-refractivity contribution in [3.05, 3.63) is 84.0 Å². The van der Waals surface area contributed by atoms with E-state index < -0.39 is 5.83 Å². The van der Waals surface area contributed by atoms with Gasteiger partial charge in [-0.3, -0.25) is 0 Å². The predicted molar refractivity (Wildman–Crippen MR) is 112 cm³/mol. The molecule has 2 heterocycles. The fourth-order valence-electron chi connectivity index (χ4n) is 3.13. The Bertz CT molecular complexity index is 932. The van der Waals surface area contributed by atoms with Crippen molar-refractivity contribution in [1.82, 2.24) is 4.98 Å². The van der Waals surface area contributed by atoms with Gasteiger partial charge in [-0.15, -0.1) is 0 Å². The van der Waals surface area contributed by atoms with Crippen LogP contribution >= 0.6 is 11.6 Å². The summed E-state index contributed by atoms with van der Waals surface area (Å²) in [5.74, 6) is 0.179. The van der Waals surface area contributed by atoms with E-state index in [1.54, 1.807) is 30.5 Å². The van der Waals surface area contributed by atoms with Gasteiger partial charge in [0.2, 0.25) is 5.88 Å². The van der Waals surface area contributed by atoms with Crippen LogP contribution in [-0.2, 0) is 6.61 Å². The van der Waals surface area contributed by atoms with Crippen LogP contribution in [0.5, 0.6) is 11.6 Å². The van der Waals surface area contributed by atoms with Gasteiger partial charge in [0.25, 0.3) is 0 Å². The number of anilines is 1. The standard InChI is InChI=1S/C22H22ClFN2O3/c1-3-19(24)21(4-2)28-16-7-8-20(15(12-16)14-27)26-11-9-17(13-26)29-22-18(23)6-5-10-25-22/h3-8,10,12,17,27H,1-2,9,11,13-14H2/b21-19-/t17-/m0/s1. The van der Waals surface area contributed by atoms with Crippen LogP contribution in [0.1, 0.15) is 12.0 Å². The molecule has 7 heteroatoms. The van der Waals surface area contributed by atoms with Crippen LogP contribution < -0.4 is 14.4 Å². The van der Waals surface area contributed by atoms with E-state index in [-0.39, 0.29) is 18.5 Å². The Morgan fingerprint density at radius 2 is 2.17 bits per heavy atom. The Balaban J connectivity index is 1.73. The zero-order valence-electron chi connectivity index (χ0n) is 15.9. The summed E-state index contributed by atoms with van der Waals surface area (Å²) in [7, 11) is 0. The summed E-state index contributed by atoms with van der Waals surface area (Å²) in [6.07, 6.45) is 4.69. The molecule has 1 saturated heterocycles. The summed E-state index contributed by atoms with van der Waals surface area (Å²) in [5.41, 5.74) is 1.54. The molecule has 1 atom stereocenters. The Labute approximate surface area is 174 Å². The number of hydrogen-bond donors (Lipinski definition) is 1. The van der Waals surface area contributed by atoms with Crippen molar-refractivity contribution >= 4 is 17.3 Å². The van der Waals surface area contributed by atoms with Crippen molar-refractivity contribution in [2.75, 3.05) is 18.0 Å². The summed E-state index contributed by atoms with van der Waals surface area (Å²) in [6.45, 7) is 8.12. The predicted octanol–water partition coefficient (Wildman–Crippen LogP) is 4.82. The van der Waals surface area contributed by atoms with Crippen LogP contribution in [0.3, 0.4) is 0 Å². The molecule has 0 amide bonds. The molecule has 29 heavy (non-hydrogen) atoms. The number of aliphatic hydroxyl groups excluding tert-OH is 1. The van der Waals surface area contributed by atoms with Crippen molar-refractivity contribution in [1.29, 1.82) is 0 Å². The summed E-state index contributed by atoms with van der Waals surface area (Å²) >= 11 is 6.12. The van der Waals surface area contributed by atoms with E-state index in [9.17, 15) is 9.50 Å². The highest BCUT2D eigenvalue weighted by Crippen LogP contribution is 2.31. The van der Waals surface area contributed by atoms with E-state index in [4.69, 9.17) is 21.1 Å². The second-order valence-electron chi connectivity index (χ2n) is 6.44. The van der Waals surface area contributed by atoms with Gasteiger partial charge >= 0.3 is 0 Å². The second kappa shape index (κ2) is 9.58. The van der Waals surface area contributed by atoms with Crippen molar-refractivity contribution in [2.24, 2.45) is 0 Å². The zero-order chi connectivity index (χ0) is 20.8. The first-order valence-corrected chi connectivity index (χ1v) is 9.52. The maximum absolute atomic E-state index is 13.7. The molecule has 0 spiro atoms. The van der Waals surface area contributed by atoms with Gasteiger partial charge in [0, 0.05) is 30.4 Å². The van der Waals surface area contributed by atoms with Crippen LogP contribution in [0.2, 0.25) is 5.02 Å². The van der Waals surface area contributed by atoms with Gasteiger partial charge in [0.15, 0.2) is 11.6 Å². The maximum Gasteiger partial charge on any atom is 0.232 e. The van der Waals surface area contributed by atoms with Gasteiger partial charge in [0.05, 0.1) is 13.2 Å². The number of aliphatic hydroxyl groups is 1. The van der Waals surface area contributed by atoms with Crippen LogP contribution in [0.4, 0.5) is 10.1 Å². The molecule has 1 aromatic heterocycles. The Kier molecular flexibility index (Phi) is 6.90. The van der Waals surface area contributed by atoms with Crippen LogP contribution in [0, 0.1) is 0 Å². The molecule has 0 unspecified atom stereocenters. The number of pyridine rings is 1. The maximum atomic E-state index is 13.7. The first kappa shape index (κ1) is 20.9. The molecule has 1 aliphatic rings. The fraction of sp³-hybridized carbons (Fsp3) is 0.227. The van der Waals surface area contributed by atoms with Crippen molar-refractivity contribution in [2.45, 2.75) is 19.1 Å². The van der Waals surface area contributed by atoms with Crippen molar-refractivity contribution in [3.8, 4) is 11.6 Å². The number of benzene rings is 1. The highest BCUT2D eigenvalue weighted by Gasteiger charge is 2.26. The van der Waals surface area contributed by atoms with E-state index in [0.29, 0.717) is 28.8 Å². The molecular formula is C22H22ClFN2O3. The quantitative estimate of drug-likeness (QED) is 0.494. The molecule has 5 nitrogen and oxygen atoms in total. The molecule has 152 valence electrons. The van der Waals surface area contributed by atoms with E-state index in [1.165, 1.54) is 6.08 Å². The number of nitrogens with zero attached hydrogens (tertiary/aromatic N) is 2. The third-order valence-corrected chi connectivity index (χ3v) is 4.83. The van der Waals surface area contributed by atoms with E-state index in [2.05, 4.69) is 23.0 Å². The Morgan fingerprint density at radius 1 is 1.34 bits per heavy atom. The lowest BCUT2D eigenvalue weighted by molar-refractivity contribution is 0.216. The molecule has 3 rings (SSSR count). The van der Waals surface area contributed by atoms with Gasteiger partial charge < -0.3 is 19.5 Å². The third-order valence-electron chi connectivity index (χ3n) is 4.54. The number of halogens is 2. The van der Waals surface area contributed by atoms with E-state index in [0.717, 1.165) is 24.7 Å². The zero-order valence-corrected chi connectivity index (χ0v) is 16.6. The van der Waals surface area contributed by atoms with E-state index in [1.807, 2.05) is 6.07 Å². The Morgan fingerprint density at radius 3 is 2.86 bits per heavy atom. The molecule has 2 aromatic rings. The number of aromatic nitrogens is 1. The van der Waals surface area contributed by atoms with Crippen LogP contribution in [0.25, 0.3) is 0 Å². The fourth-order valence-corrected chi connectivity index (χ4v) is 3.30. The molecule has 0 bridgehead atoms. The minimum atomic E-state index is -0.609. The number of hydrogen-bond acceptors (Lipinski definition) is 5. The molecule has 1 aromatic carbocycles. The van der Waals surface area contributed by atoms with Gasteiger partial charge in [-0.25, -0.2) is 9.37 Å². The van der Waals surface area contributed by atoms with Crippen molar-refractivity contribution in [3.63, 3.8) is 0 Å². The number of rotatable bonds is 8. The first-order chi connectivity index (χ1) is 14.0. The number of allylic oxidation sites excluding steroid dienone is 3. The average molecular weight is 417 g/mol. The lowest BCUT2D eigenvalue weighted by atomic mass is 10.1. The lowest BCUT2D eigenvalue weighted by Gasteiger charge is -2.22. The third kappa shape index (κ3) is 4.96. The van der Waals surface area contributed by atoms with Crippen molar-refractivity contribution < 1.29 is 19.0 Å². The Hall–Kier alpha value is -2.83. The lowest BCUT2D eigenvalue weighted by Crippen LogP contribution is -2.25. The summed E-state index contributed by atoms with van der Waals surface area (Å²) in [5, 5.41) is 10.3.